The van der Waals surface area contributed by atoms with Crippen LogP contribution in [0.1, 0.15) is 0 Å². The average Bonchev–Trinajstić information content (AvgIpc) is 2.74. The number of amides is 1. The summed E-state index contributed by atoms with van der Waals surface area (Å²) < 4.78 is 23.8. The highest BCUT2D eigenvalue weighted by atomic mass is 127. The Morgan fingerprint density at radius 1 is 1.68 bits per heavy atom. The number of cyclic esters (lactones) is 1. The van der Waals surface area contributed by atoms with Crippen molar-refractivity contribution in [3.05, 3.63) is 27.6 Å². The van der Waals surface area contributed by atoms with Crippen LogP contribution in [0.5, 0.6) is 0 Å². The molecule has 19 heavy (non-hydrogen) atoms. The minimum absolute atomic E-state index is 0.322. The standard InChI is InChI=1S/C11H11BFIN2O3/c12-18-6-15-4-8-5-16(11(17)19-8)7-1-2-10(14)9(13)3-7/h1-3,6,8H,4-5,12H2/t8-/m0/s1. The molecule has 0 aromatic heterocycles. The number of nitrogens with zero attached hydrogens (tertiary/aromatic N) is 2. The summed E-state index contributed by atoms with van der Waals surface area (Å²) in [5.74, 6) is -0.355. The van der Waals surface area contributed by atoms with Gasteiger partial charge in [-0.3, -0.25) is 9.89 Å². The zero-order valence-corrected chi connectivity index (χ0v) is 12.3. The number of carbonyl (C=O) groups excluding carboxylic acids is 1. The minimum atomic E-state index is -0.488. The van der Waals surface area contributed by atoms with Crippen LogP contribution in [-0.4, -0.2) is 39.7 Å². The Kier molecular flexibility index (Phi) is 4.62. The molecule has 0 unspecified atom stereocenters. The Morgan fingerprint density at radius 2 is 2.47 bits per heavy atom. The van der Waals surface area contributed by atoms with Gasteiger partial charge in [-0.05, 0) is 40.8 Å². The Morgan fingerprint density at radius 3 is 3.16 bits per heavy atom. The van der Waals surface area contributed by atoms with Crippen LogP contribution in [0, 0.1) is 9.39 Å². The SMILES string of the molecule is BOC=NC[C@H]1CN(c2ccc(I)c(F)c2)C(=O)O1. The maximum Gasteiger partial charge on any atom is 0.414 e. The molecule has 1 aromatic carbocycles. The van der Waals surface area contributed by atoms with Crippen molar-refractivity contribution in [2.75, 3.05) is 18.0 Å². The number of carbonyl (C=O) groups is 1. The van der Waals surface area contributed by atoms with Gasteiger partial charge in [0.15, 0.2) is 6.40 Å². The Bertz CT molecular complexity index is 515. The summed E-state index contributed by atoms with van der Waals surface area (Å²) in [5, 5.41) is 0. The van der Waals surface area contributed by atoms with Gasteiger partial charge in [0, 0.05) is 3.57 Å². The van der Waals surface area contributed by atoms with E-state index in [1.807, 2.05) is 22.6 Å². The second-order valence-electron chi connectivity index (χ2n) is 3.92. The van der Waals surface area contributed by atoms with Crippen molar-refractivity contribution in [3.8, 4) is 0 Å². The molecular weight excluding hydrogens is 365 g/mol. The van der Waals surface area contributed by atoms with Gasteiger partial charge in [0.1, 0.15) is 11.9 Å². The fourth-order valence-corrected chi connectivity index (χ4v) is 2.05. The lowest BCUT2D eigenvalue weighted by molar-refractivity contribution is 0.145. The summed E-state index contributed by atoms with van der Waals surface area (Å²) in [4.78, 5) is 17.0. The molecule has 0 spiro atoms. The monoisotopic (exact) mass is 376 g/mol. The number of benzene rings is 1. The highest BCUT2D eigenvalue weighted by Crippen LogP contribution is 2.24. The third-order valence-electron chi connectivity index (χ3n) is 2.58. The van der Waals surface area contributed by atoms with Gasteiger partial charge in [-0.25, -0.2) is 9.18 Å². The first kappa shape index (κ1) is 14.1. The molecule has 0 radical (unpaired) electrons. The van der Waals surface area contributed by atoms with Gasteiger partial charge in [0.2, 0.25) is 0 Å². The van der Waals surface area contributed by atoms with Gasteiger partial charge in [-0.2, -0.15) is 0 Å². The number of hydrogen-bond donors (Lipinski definition) is 0. The maximum atomic E-state index is 13.5. The lowest BCUT2D eigenvalue weighted by Crippen LogP contribution is -2.25. The minimum Gasteiger partial charge on any atom is -0.560 e. The van der Waals surface area contributed by atoms with Crippen molar-refractivity contribution >= 4 is 48.8 Å². The highest BCUT2D eigenvalue weighted by Gasteiger charge is 2.32. The first-order chi connectivity index (χ1) is 9.11. The molecule has 1 amide bonds. The summed E-state index contributed by atoms with van der Waals surface area (Å²) in [5.41, 5.74) is 0.487. The van der Waals surface area contributed by atoms with E-state index in [1.165, 1.54) is 25.4 Å². The fourth-order valence-electron chi connectivity index (χ4n) is 1.72. The lowest BCUT2D eigenvalue weighted by atomic mass is 10.2. The number of hydrogen-bond acceptors (Lipinski definition) is 4. The van der Waals surface area contributed by atoms with Crippen molar-refractivity contribution in [2.24, 2.45) is 4.99 Å². The van der Waals surface area contributed by atoms with Crippen LogP contribution in [-0.2, 0) is 9.39 Å². The molecule has 1 atom stereocenters. The summed E-state index contributed by atoms with van der Waals surface area (Å²) >= 11 is 1.89. The second kappa shape index (κ2) is 6.22. The molecule has 1 heterocycles. The van der Waals surface area contributed by atoms with Gasteiger partial charge in [-0.1, -0.05) is 0 Å². The van der Waals surface area contributed by atoms with Crippen LogP contribution >= 0.6 is 22.6 Å². The average molecular weight is 376 g/mol. The van der Waals surface area contributed by atoms with E-state index < -0.39 is 6.09 Å². The number of ether oxygens (including phenoxy) is 1. The first-order valence-electron chi connectivity index (χ1n) is 5.56. The molecule has 100 valence electrons. The first-order valence-corrected chi connectivity index (χ1v) is 6.64. The molecule has 0 aliphatic carbocycles. The second-order valence-corrected chi connectivity index (χ2v) is 5.08. The van der Waals surface area contributed by atoms with Gasteiger partial charge < -0.3 is 9.39 Å². The van der Waals surface area contributed by atoms with E-state index in [1.54, 1.807) is 12.1 Å². The third-order valence-corrected chi connectivity index (χ3v) is 3.45. The largest absolute Gasteiger partial charge is 0.560 e. The third kappa shape index (κ3) is 3.37. The molecule has 1 aromatic rings. The predicted molar refractivity (Wildman–Crippen MR) is 79.7 cm³/mol. The van der Waals surface area contributed by atoms with E-state index in [9.17, 15) is 9.18 Å². The quantitative estimate of drug-likeness (QED) is 0.345. The van der Waals surface area contributed by atoms with Crippen molar-refractivity contribution in [3.63, 3.8) is 0 Å². The van der Waals surface area contributed by atoms with Crippen LogP contribution in [0.2, 0.25) is 0 Å². The summed E-state index contributed by atoms with van der Waals surface area (Å²) in [6, 6.07) is 4.63. The highest BCUT2D eigenvalue weighted by molar-refractivity contribution is 14.1. The Labute approximate surface area is 124 Å². The van der Waals surface area contributed by atoms with E-state index >= 15 is 0 Å². The maximum absolute atomic E-state index is 13.5. The van der Waals surface area contributed by atoms with Crippen LogP contribution < -0.4 is 4.90 Å². The molecule has 1 aliphatic heterocycles. The summed E-state index contributed by atoms with van der Waals surface area (Å²) in [6.07, 6.45) is 0.459. The van der Waals surface area contributed by atoms with E-state index in [0.29, 0.717) is 22.3 Å². The van der Waals surface area contributed by atoms with Crippen LogP contribution in [0.25, 0.3) is 0 Å². The van der Waals surface area contributed by atoms with E-state index in [-0.39, 0.29) is 11.9 Å². The summed E-state index contributed by atoms with van der Waals surface area (Å²) in [6.45, 7) is 0.669. The smallest absolute Gasteiger partial charge is 0.414 e. The van der Waals surface area contributed by atoms with Crippen LogP contribution in [0.4, 0.5) is 14.9 Å². The zero-order valence-electron chi connectivity index (χ0n) is 10.2. The molecule has 1 aliphatic rings. The molecule has 1 fully saturated rings. The van der Waals surface area contributed by atoms with Gasteiger partial charge >= 0.3 is 14.1 Å². The number of rotatable bonds is 4. The van der Waals surface area contributed by atoms with E-state index in [4.69, 9.17) is 4.74 Å². The molecule has 2 rings (SSSR count). The van der Waals surface area contributed by atoms with Crippen LogP contribution in [0.15, 0.2) is 23.2 Å². The van der Waals surface area contributed by atoms with E-state index in [2.05, 4.69) is 9.65 Å². The number of anilines is 1. The molecule has 0 saturated carbocycles. The van der Waals surface area contributed by atoms with Gasteiger partial charge in [-0.15, -0.1) is 0 Å². The topological polar surface area (TPSA) is 51.1 Å². The fraction of sp³-hybridized carbons (Fsp3) is 0.273. The van der Waals surface area contributed by atoms with Crippen molar-refractivity contribution < 1.29 is 18.6 Å². The van der Waals surface area contributed by atoms with Crippen molar-refractivity contribution in [1.29, 1.82) is 0 Å². The normalized spacial score (nSPS) is 18.9. The van der Waals surface area contributed by atoms with E-state index in [0.717, 1.165) is 0 Å². The van der Waals surface area contributed by atoms with Crippen LogP contribution in [0.3, 0.4) is 0 Å². The number of halogens is 2. The van der Waals surface area contributed by atoms with Crippen molar-refractivity contribution in [2.45, 2.75) is 6.10 Å². The Hall–Kier alpha value is -1.32. The molecule has 0 N–H and O–H groups in total. The molecule has 8 heteroatoms. The molecule has 1 saturated heterocycles. The predicted octanol–water partition coefficient (Wildman–Crippen LogP) is 1.35. The lowest BCUT2D eigenvalue weighted by Gasteiger charge is -2.13. The molecular formula is C11H11BFIN2O3. The summed E-state index contributed by atoms with van der Waals surface area (Å²) in [7, 11) is 1.49. The van der Waals surface area contributed by atoms with Gasteiger partial charge in [0.25, 0.3) is 0 Å². The van der Waals surface area contributed by atoms with Gasteiger partial charge in [0.05, 0.1) is 18.8 Å². The molecule has 0 bridgehead atoms. The van der Waals surface area contributed by atoms with Crippen molar-refractivity contribution in [1.82, 2.24) is 0 Å². The number of aliphatic imine (C=N–C) groups is 1. The Balaban J connectivity index is 2.07. The molecule has 5 nitrogen and oxygen atoms in total. The zero-order chi connectivity index (χ0) is 13.8.